The summed E-state index contributed by atoms with van der Waals surface area (Å²) in [4.78, 5) is 0. The van der Waals surface area contributed by atoms with Crippen molar-refractivity contribution in [2.75, 3.05) is 12.0 Å². The number of halogens is 2. The Morgan fingerprint density at radius 2 is 2.13 bits per heavy atom. The molecule has 0 radical (unpaired) electrons. The van der Waals surface area contributed by atoms with E-state index in [9.17, 15) is 0 Å². The van der Waals surface area contributed by atoms with Gasteiger partial charge in [0, 0.05) is 28.9 Å². The minimum atomic E-state index is 0.691. The molecule has 0 saturated carbocycles. The topological polar surface area (TPSA) is 4.93 Å². The highest BCUT2D eigenvalue weighted by atomic mass is 35.5. The van der Waals surface area contributed by atoms with Gasteiger partial charge in [-0.3, -0.25) is 0 Å². The Labute approximate surface area is 103 Å². The van der Waals surface area contributed by atoms with Crippen molar-refractivity contribution in [3.05, 3.63) is 34.4 Å². The van der Waals surface area contributed by atoms with Crippen molar-refractivity contribution in [2.45, 2.75) is 6.54 Å². The van der Waals surface area contributed by atoms with Crippen molar-refractivity contribution >= 4 is 45.9 Å². The minimum Gasteiger partial charge on any atom is -0.347 e. The van der Waals surface area contributed by atoms with E-state index in [2.05, 4.69) is 17.0 Å². The monoisotopic (exact) mass is 259 g/mol. The van der Waals surface area contributed by atoms with Crippen LogP contribution in [0.2, 0.25) is 10.0 Å². The first kappa shape index (κ1) is 11.2. The van der Waals surface area contributed by atoms with Crippen molar-refractivity contribution in [3.63, 3.8) is 0 Å². The molecule has 1 heterocycles. The minimum absolute atomic E-state index is 0.691. The van der Waals surface area contributed by atoms with Crippen molar-refractivity contribution in [1.82, 2.24) is 4.57 Å². The number of rotatable bonds is 3. The summed E-state index contributed by atoms with van der Waals surface area (Å²) in [7, 11) is 0. The van der Waals surface area contributed by atoms with Gasteiger partial charge in [0.15, 0.2) is 0 Å². The molecular weight excluding hydrogens is 249 g/mol. The van der Waals surface area contributed by atoms with Crippen LogP contribution in [-0.4, -0.2) is 16.6 Å². The Kier molecular flexibility index (Phi) is 3.49. The fourth-order valence-electron chi connectivity index (χ4n) is 1.60. The predicted molar refractivity (Wildman–Crippen MR) is 70.3 cm³/mol. The Morgan fingerprint density at radius 3 is 2.87 bits per heavy atom. The third kappa shape index (κ3) is 2.27. The fourth-order valence-corrected chi connectivity index (χ4v) is 2.53. The van der Waals surface area contributed by atoms with E-state index < -0.39 is 0 Å². The lowest BCUT2D eigenvalue weighted by molar-refractivity contribution is 0.808. The SMILES string of the molecule is CSCCn1ccc2c(Cl)cc(Cl)cc21. The number of fused-ring (bicyclic) bond motifs is 1. The van der Waals surface area contributed by atoms with E-state index >= 15 is 0 Å². The molecule has 0 atom stereocenters. The Bertz CT molecular complexity index is 479. The molecule has 0 N–H and O–H groups in total. The van der Waals surface area contributed by atoms with E-state index in [0.29, 0.717) is 5.02 Å². The molecular formula is C11H11Cl2NS. The lowest BCUT2D eigenvalue weighted by atomic mass is 10.2. The quantitative estimate of drug-likeness (QED) is 0.796. The molecule has 0 amide bonds. The highest BCUT2D eigenvalue weighted by molar-refractivity contribution is 7.98. The number of benzene rings is 1. The zero-order valence-corrected chi connectivity index (χ0v) is 10.7. The lowest BCUT2D eigenvalue weighted by Gasteiger charge is -2.04. The first-order chi connectivity index (χ1) is 7.22. The van der Waals surface area contributed by atoms with Gasteiger partial charge in [-0.15, -0.1) is 0 Å². The van der Waals surface area contributed by atoms with Crippen molar-refractivity contribution < 1.29 is 0 Å². The molecule has 2 aromatic rings. The molecule has 0 bridgehead atoms. The predicted octanol–water partition coefficient (Wildman–Crippen LogP) is 4.31. The summed E-state index contributed by atoms with van der Waals surface area (Å²) in [5.41, 5.74) is 1.11. The molecule has 0 unspecified atom stereocenters. The lowest BCUT2D eigenvalue weighted by Crippen LogP contribution is -1.97. The van der Waals surface area contributed by atoms with E-state index in [-0.39, 0.29) is 0 Å². The number of thioether (sulfide) groups is 1. The van der Waals surface area contributed by atoms with Crippen molar-refractivity contribution in [3.8, 4) is 0 Å². The van der Waals surface area contributed by atoms with Crippen LogP contribution < -0.4 is 0 Å². The van der Waals surface area contributed by atoms with Crippen LogP contribution >= 0.6 is 35.0 Å². The summed E-state index contributed by atoms with van der Waals surface area (Å²) in [6.45, 7) is 0.987. The van der Waals surface area contributed by atoms with Gasteiger partial charge in [0.1, 0.15) is 0 Å². The second kappa shape index (κ2) is 4.69. The second-order valence-corrected chi connectivity index (χ2v) is 5.15. The molecule has 1 nitrogen and oxygen atoms in total. The van der Waals surface area contributed by atoms with E-state index in [1.807, 2.05) is 23.9 Å². The number of nitrogens with zero attached hydrogens (tertiary/aromatic N) is 1. The molecule has 0 aliphatic heterocycles. The van der Waals surface area contributed by atoms with Gasteiger partial charge in [-0.2, -0.15) is 11.8 Å². The normalized spacial score (nSPS) is 11.1. The molecule has 1 aromatic carbocycles. The third-order valence-corrected chi connectivity index (χ3v) is 3.46. The maximum atomic E-state index is 6.11. The van der Waals surface area contributed by atoms with Gasteiger partial charge in [0.25, 0.3) is 0 Å². The maximum absolute atomic E-state index is 6.11. The molecule has 0 saturated heterocycles. The van der Waals surface area contributed by atoms with E-state index in [1.54, 1.807) is 6.07 Å². The van der Waals surface area contributed by atoms with Crippen molar-refractivity contribution in [2.24, 2.45) is 0 Å². The van der Waals surface area contributed by atoms with Gasteiger partial charge in [-0.25, -0.2) is 0 Å². The standard InChI is InChI=1S/C11H11Cl2NS/c1-15-5-4-14-3-2-9-10(13)6-8(12)7-11(9)14/h2-3,6-7H,4-5H2,1H3. The van der Waals surface area contributed by atoms with E-state index in [1.165, 1.54) is 0 Å². The molecule has 80 valence electrons. The molecule has 1 aromatic heterocycles. The summed E-state index contributed by atoms with van der Waals surface area (Å²) in [5, 5.41) is 2.49. The fraction of sp³-hybridized carbons (Fsp3) is 0.273. The largest absolute Gasteiger partial charge is 0.347 e. The molecule has 0 aliphatic carbocycles. The van der Waals surface area contributed by atoms with Crippen LogP contribution in [-0.2, 0) is 6.54 Å². The van der Waals surface area contributed by atoms with Crippen LogP contribution in [0, 0.1) is 0 Å². The summed E-state index contributed by atoms with van der Waals surface area (Å²) in [6.07, 6.45) is 4.16. The zero-order valence-electron chi connectivity index (χ0n) is 8.34. The first-order valence-corrected chi connectivity index (χ1v) is 6.80. The average Bonchev–Trinajstić information content (AvgIpc) is 2.58. The highest BCUT2D eigenvalue weighted by Crippen LogP contribution is 2.28. The third-order valence-electron chi connectivity index (χ3n) is 2.34. The number of aromatic nitrogens is 1. The van der Waals surface area contributed by atoms with Crippen LogP contribution in [0.4, 0.5) is 0 Å². The first-order valence-electron chi connectivity index (χ1n) is 4.65. The van der Waals surface area contributed by atoms with Crippen LogP contribution in [0.5, 0.6) is 0 Å². The van der Waals surface area contributed by atoms with E-state index in [4.69, 9.17) is 23.2 Å². The summed E-state index contributed by atoms with van der Waals surface area (Å²) in [6, 6.07) is 5.78. The van der Waals surface area contributed by atoms with E-state index in [0.717, 1.165) is 28.2 Å². The van der Waals surface area contributed by atoms with Crippen LogP contribution in [0.1, 0.15) is 0 Å². The molecule has 15 heavy (non-hydrogen) atoms. The van der Waals surface area contributed by atoms with Gasteiger partial charge < -0.3 is 4.57 Å². The van der Waals surface area contributed by atoms with Crippen LogP contribution in [0.3, 0.4) is 0 Å². The van der Waals surface area contributed by atoms with Crippen LogP contribution in [0.15, 0.2) is 24.4 Å². The smallest absolute Gasteiger partial charge is 0.0514 e. The Balaban J connectivity index is 2.49. The highest BCUT2D eigenvalue weighted by Gasteiger charge is 2.05. The van der Waals surface area contributed by atoms with Gasteiger partial charge >= 0.3 is 0 Å². The van der Waals surface area contributed by atoms with Crippen LogP contribution in [0.25, 0.3) is 10.9 Å². The number of hydrogen-bond acceptors (Lipinski definition) is 1. The van der Waals surface area contributed by atoms with Gasteiger partial charge in [0.05, 0.1) is 10.5 Å². The molecule has 0 aliphatic rings. The Hall–Kier alpha value is -0.310. The maximum Gasteiger partial charge on any atom is 0.0514 e. The van der Waals surface area contributed by atoms with Gasteiger partial charge in [-0.1, -0.05) is 23.2 Å². The molecule has 4 heteroatoms. The summed E-state index contributed by atoms with van der Waals surface area (Å²) in [5.74, 6) is 1.09. The summed E-state index contributed by atoms with van der Waals surface area (Å²) >= 11 is 13.9. The summed E-state index contributed by atoms with van der Waals surface area (Å²) < 4.78 is 2.18. The number of aryl methyl sites for hydroxylation is 1. The average molecular weight is 260 g/mol. The number of hydrogen-bond donors (Lipinski definition) is 0. The zero-order chi connectivity index (χ0) is 10.8. The molecule has 2 rings (SSSR count). The molecule has 0 fully saturated rings. The molecule has 0 spiro atoms. The Morgan fingerprint density at radius 1 is 1.33 bits per heavy atom. The van der Waals surface area contributed by atoms with Gasteiger partial charge in [0.2, 0.25) is 0 Å². The second-order valence-electron chi connectivity index (χ2n) is 3.32. The van der Waals surface area contributed by atoms with Gasteiger partial charge in [-0.05, 0) is 24.5 Å². The van der Waals surface area contributed by atoms with Crippen molar-refractivity contribution in [1.29, 1.82) is 0 Å².